The maximum Gasteiger partial charge on any atom is 0.328 e. The van der Waals surface area contributed by atoms with Gasteiger partial charge in [-0.3, -0.25) is 9.13 Å². The summed E-state index contributed by atoms with van der Waals surface area (Å²) in [5.74, 6) is 0. The van der Waals surface area contributed by atoms with Crippen molar-refractivity contribution in [1.82, 2.24) is 9.13 Å². The van der Waals surface area contributed by atoms with Crippen molar-refractivity contribution in [3.05, 3.63) is 22.9 Å². The fraction of sp³-hybridized carbons (Fsp3) is 0.727. The summed E-state index contributed by atoms with van der Waals surface area (Å²) in [6.45, 7) is 8.66. The molecule has 0 radical (unpaired) electrons. The van der Waals surface area contributed by atoms with Crippen LogP contribution in [0.4, 0.5) is 0 Å². The van der Waals surface area contributed by atoms with Gasteiger partial charge in [-0.15, -0.1) is 0 Å². The Hall–Kier alpha value is -1.03. The molecule has 15 heavy (non-hydrogen) atoms. The first-order valence-corrected chi connectivity index (χ1v) is 5.40. The van der Waals surface area contributed by atoms with Crippen LogP contribution < -0.4 is 11.4 Å². The molecule has 0 saturated heterocycles. The second-order valence-electron chi connectivity index (χ2n) is 4.80. The van der Waals surface area contributed by atoms with Gasteiger partial charge in [0, 0.05) is 24.0 Å². The summed E-state index contributed by atoms with van der Waals surface area (Å²) in [5, 5.41) is 0. The molecule has 0 aliphatic rings. The molecule has 0 saturated carbocycles. The third-order valence-corrected chi connectivity index (χ3v) is 2.77. The first-order chi connectivity index (χ1) is 6.90. The molecule has 0 aliphatic carbocycles. The molecule has 4 heteroatoms. The second-order valence-corrected chi connectivity index (χ2v) is 4.80. The van der Waals surface area contributed by atoms with Crippen molar-refractivity contribution < 1.29 is 0 Å². The zero-order chi connectivity index (χ0) is 11.6. The van der Waals surface area contributed by atoms with E-state index in [1.807, 2.05) is 40.1 Å². The normalized spacial score (nSPS) is 12.4. The zero-order valence-corrected chi connectivity index (χ0v) is 10.0. The lowest BCUT2D eigenvalue weighted by Gasteiger charge is -2.25. The Bertz CT molecular complexity index is 373. The van der Waals surface area contributed by atoms with E-state index in [0.29, 0.717) is 6.54 Å². The van der Waals surface area contributed by atoms with Gasteiger partial charge in [-0.05, 0) is 40.7 Å². The number of nitrogens with two attached hydrogens (primary N) is 1. The molecular weight excluding hydrogens is 190 g/mol. The van der Waals surface area contributed by atoms with Gasteiger partial charge in [0.05, 0.1) is 0 Å². The van der Waals surface area contributed by atoms with Crippen LogP contribution in [0.15, 0.2) is 17.2 Å². The van der Waals surface area contributed by atoms with Crippen molar-refractivity contribution in [1.29, 1.82) is 0 Å². The van der Waals surface area contributed by atoms with Crippen LogP contribution in [0.2, 0.25) is 0 Å². The molecule has 0 bridgehead atoms. The van der Waals surface area contributed by atoms with E-state index in [2.05, 4.69) is 0 Å². The van der Waals surface area contributed by atoms with Crippen LogP contribution in [-0.4, -0.2) is 15.7 Å². The lowest BCUT2D eigenvalue weighted by atomic mass is 10.0. The van der Waals surface area contributed by atoms with Crippen molar-refractivity contribution in [3.63, 3.8) is 0 Å². The summed E-state index contributed by atoms with van der Waals surface area (Å²) in [5.41, 5.74) is 5.39. The Morgan fingerprint density at radius 1 is 1.40 bits per heavy atom. The van der Waals surface area contributed by atoms with E-state index >= 15 is 0 Å². The SMILES string of the molecule is CC(C)n1ccn(C(C)(C)CCN)c1=O. The van der Waals surface area contributed by atoms with Gasteiger partial charge in [0.25, 0.3) is 0 Å². The van der Waals surface area contributed by atoms with E-state index in [4.69, 9.17) is 5.73 Å². The lowest BCUT2D eigenvalue weighted by molar-refractivity contribution is 0.318. The number of nitrogens with zero attached hydrogens (tertiary/aromatic N) is 2. The summed E-state index contributed by atoms with van der Waals surface area (Å²) < 4.78 is 3.50. The largest absolute Gasteiger partial charge is 0.330 e. The number of hydrogen-bond donors (Lipinski definition) is 1. The lowest BCUT2D eigenvalue weighted by Crippen LogP contribution is -2.38. The maximum absolute atomic E-state index is 12.0. The number of imidazole rings is 1. The minimum atomic E-state index is -0.202. The van der Waals surface area contributed by atoms with E-state index in [9.17, 15) is 4.79 Å². The monoisotopic (exact) mass is 211 g/mol. The van der Waals surface area contributed by atoms with Gasteiger partial charge in [0.15, 0.2) is 0 Å². The number of rotatable bonds is 4. The average molecular weight is 211 g/mol. The van der Waals surface area contributed by atoms with E-state index in [0.717, 1.165) is 6.42 Å². The van der Waals surface area contributed by atoms with E-state index < -0.39 is 0 Å². The Morgan fingerprint density at radius 3 is 2.40 bits per heavy atom. The van der Waals surface area contributed by atoms with E-state index in [-0.39, 0.29) is 17.3 Å². The van der Waals surface area contributed by atoms with Crippen molar-refractivity contribution in [2.45, 2.75) is 45.7 Å². The summed E-state index contributed by atoms with van der Waals surface area (Å²) in [7, 11) is 0. The van der Waals surface area contributed by atoms with Gasteiger partial charge >= 0.3 is 5.69 Å². The maximum atomic E-state index is 12.0. The predicted octanol–water partition coefficient (Wildman–Crippen LogP) is 1.31. The summed E-state index contributed by atoms with van der Waals surface area (Å²) in [6, 6.07) is 0.201. The van der Waals surface area contributed by atoms with Crippen LogP contribution in [-0.2, 0) is 5.54 Å². The quantitative estimate of drug-likeness (QED) is 0.816. The molecule has 0 aromatic carbocycles. The van der Waals surface area contributed by atoms with Gasteiger partial charge < -0.3 is 5.73 Å². The molecule has 0 fully saturated rings. The van der Waals surface area contributed by atoms with Crippen molar-refractivity contribution >= 4 is 0 Å². The molecule has 1 rings (SSSR count). The van der Waals surface area contributed by atoms with Crippen molar-refractivity contribution in [3.8, 4) is 0 Å². The van der Waals surface area contributed by atoms with Gasteiger partial charge in [0.2, 0.25) is 0 Å². The van der Waals surface area contributed by atoms with Gasteiger partial charge in [-0.1, -0.05) is 0 Å². The van der Waals surface area contributed by atoms with Crippen molar-refractivity contribution in [2.75, 3.05) is 6.54 Å². The molecular formula is C11H21N3O. The van der Waals surface area contributed by atoms with Crippen LogP contribution in [0.25, 0.3) is 0 Å². The molecule has 0 unspecified atom stereocenters. The van der Waals surface area contributed by atoms with Crippen LogP contribution >= 0.6 is 0 Å². The molecule has 1 aromatic rings. The first kappa shape index (κ1) is 12.0. The molecule has 2 N–H and O–H groups in total. The van der Waals surface area contributed by atoms with Gasteiger partial charge in [0.1, 0.15) is 0 Å². The fourth-order valence-electron chi connectivity index (χ4n) is 1.72. The Labute approximate surface area is 90.7 Å². The Morgan fingerprint density at radius 2 is 2.00 bits per heavy atom. The highest BCUT2D eigenvalue weighted by Crippen LogP contribution is 2.17. The highest BCUT2D eigenvalue weighted by molar-refractivity contribution is 4.91. The molecule has 0 aliphatic heterocycles. The highest BCUT2D eigenvalue weighted by Gasteiger charge is 2.22. The van der Waals surface area contributed by atoms with Crippen LogP contribution in [0, 0.1) is 0 Å². The predicted molar refractivity (Wildman–Crippen MR) is 62.1 cm³/mol. The first-order valence-electron chi connectivity index (χ1n) is 5.40. The molecule has 0 amide bonds. The minimum absolute atomic E-state index is 0.0449. The third kappa shape index (κ3) is 2.31. The summed E-state index contributed by atoms with van der Waals surface area (Å²) in [4.78, 5) is 12.0. The van der Waals surface area contributed by atoms with Gasteiger partial charge in [-0.2, -0.15) is 0 Å². The Balaban J connectivity index is 3.12. The third-order valence-electron chi connectivity index (χ3n) is 2.77. The second kappa shape index (κ2) is 4.23. The van der Waals surface area contributed by atoms with Crippen LogP contribution in [0.3, 0.4) is 0 Å². The summed E-state index contributed by atoms with van der Waals surface area (Å²) in [6.07, 6.45) is 4.48. The number of hydrogen-bond acceptors (Lipinski definition) is 2. The summed E-state index contributed by atoms with van der Waals surface area (Å²) >= 11 is 0. The molecule has 0 atom stereocenters. The van der Waals surface area contributed by atoms with E-state index in [1.54, 1.807) is 9.13 Å². The molecule has 0 spiro atoms. The standard InChI is InChI=1S/C11H21N3O/c1-9(2)13-7-8-14(10(13)15)11(3,4)5-6-12/h7-9H,5-6,12H2,1-4H3. The average Bonchev–Trinajstić information content (AvgIpc) is 2.47. The number of aromatic nitrogens is 2. The minimum Gasteiger partial charge on any atom is -0.330 e. The fourth-order valence-corrected chi connectivity index (χ4v) is 1.72. The van der Waals surface area contributed by atoms with Crippen molar-refractivity contribution in [2.24, 2.45) is 5.73 Å². The van der Waals surface area contributed by atoms with E-state index in [1.165, 1.54) is 0 Å². The van der Waals surface area contributed by atoms with Crippen LogP contribution in [0.5, 0.6) is 0 Å². The molecule has 86 valence electrons. The topological polar surface area (TPSA) is 52.9 Å². The zero-order valence-electron chi connectivity index (χ0n) is 10.0. The molecule has 1 aromatic heterocycles. The van der Waals surface area contributed by atoms with Crippen LogP contribution in [0.1, 0.15) is 40.2 Å². The molecule has 1 heterocycles. The van der Waals surface area contributed by atoms with Gasteiger partial charge in [-0.25, -0.2) is 4.79 Å². The Kier molecular flexibility index (Phi) is 3.39. The molecule has 4 nitrogen and oxygen atoms in total. The highest BCUT2D eigenvalue weighted by atomic mass is 16.1. The smallest absolute Gasteiger partial charge is 0.328 e.